The summed E-state index contributed by atoms with van der Waals surface area (Å²) in [7, 11) is 0. The maximum Gasteiger partial charge on any atom is 0.241 e. The lowest BCUT2D eigenvalue weighted by atomic mass is 9.99. The Hall–Kier alpha value is -0.220. The van der Waals surface area contributed by atoms with E-state index in [1.54, 1.807) is 0 Å². The van der Waals surface area contributed by atoms with Gasteiger partial charge in [-0.3, -0.25) is 0 Å². The van der Waals surface area contributed by atoms with Crippen LogP contribution in [0, 0.1) is 5.92 Å². The molecule has 2 nitrogen and oxygen atoms in total. The Labute approximate surface area is 64.6 Å². The lowest BCUT2D eigenvalue weighted by molar-refractivity contribution is 0.0338. The van der Waals surface area contributed by atoms with Gasteiger partial charge < -0.3 is 10.4 Å². The summed E-state index contributed by atoms with van der Waals surface area (Å²) in [6, 6.07) is 0. The quantitative estimate of drug-likeness (QED) is 0.642. The summed E-state index contributed by atoms with van der Waals surface area (Å²) < 4.78 is 23.5. The SMILES string of the molecule is O[C@H](CC(F)F)[C@@H]1CCNC1. The lowest BCUT2D eigenvalue weighted by Gasteiger charge is -2.15. The Morgan fingerprint density at radius 3 is 2.73 bits per heavy atom. The standard InChI is InChI=1S/C7H13F2NO/c8-7(9)3-6(11)5-1-2-10-4-5/h5-7,10-11H,1-4H2/t5-,6-/m1/s1. The fraction of sp³-hybridized carbons (Fsp3) is 1.00. The fourth-order valence-electron chi connectivity index (χ4n) is 1.38. The van der Waals surface area contributed by atoms with E-state index in [4.69, 9.17) is 0 Å². The van der Waals surface area contributed by atoms with Crippen LogP contribution in [-0.2, 0) is 0 Å². The van der Waals surface area contributed by atoms with Crippen molar-refractivity contribution in [3.05, 3.63) is 0 Å². The number of rotatable bonds is 3. The van der Waals surface area contributed by atoms with Gasteiger partial charge in [0.05, 0.1) is 6.10 Å². The maximum absolute atomic E-state index is 11.8. The van der Waals surface area contributed by atoms with E-state index in [0.29, 0.717) is 6.54 Å². The highest BCUT2D eigenvalue weighted by molar-refractivity contribution is 4.77. The van der Waals surface area contributed by atoms with Crippen molar-refractivity contribution in [1.82, 2.24) is 5.32 Å². The average Bonchev–Trinajstić information content (AvgIpc) is 2.35. The summed E-state index contributed by atoms with van der Waals surface area (Å²) in [5, 5.41) is 12.2. The summed E-state index contributed by atoms with van der Waals surface area (Å²) in [6.07, 6.45) is -2.78. The first-order chi connectivity index (χ1) is 5.20. The second-order valence-corrected chi connectivity index (χ2v) is 2.95. The summed E-state index contributed by atoms with van der Waals surface area (Å²) >= 11 is 0. The van der Waals surface area contributed by atoms with Gasteiger partial charge in [-0.25, -0.2) is 8.78 Å². The molecule has 1 saturated heterocycles. The van der Waals surface area contributed by atoms with Crippen molar-refractivity contribution in [2.75, 3.05) is 13.1 Å². The molecule has 2 N–H and O–H groups in total. The summed E-state index contributed by atoms with van der Waals surface area (Å²) in [6.45, 7) is 1.51. The molecule has 0 bridgehead atoms. The van der Waals surface area contributed by atoms with E-state index in [1.807, 2.05) is 0 Å². The lowest BCUT2D eigenvalue weighted by Crippen LogP contribution is -2.24. The zero-order valence-corrected chi connectivity index (χ0v) is 6.26. The zero-order valence-electron chi connectivity index (χ0n) is 6.26. The van der Waals surface area contributed by atoms with Crippen molar-refractivity contribution >= 4 is 0 Å². The van der Waals surface area contributed by atoms with E-state index in [1.165, 1.54) is 0 Å². The van der Waals surface area contributed by atoms with Crippen molar-refractivity contribution in [2.24, 2.45) is 5.92 Å². The van der Waals surface area contributed by atoms with Crippen molar-refractivity contribution in [3.8, 4) is 0 Å². The number of alkyl halides is 2. The van der Waals surface area contributed by atoms with Gasteiger partial charge in [0.2, 0.25) is 6.43 Å². The van der Waals surface area contributed by atoms with E-state index >= 15 is 0 Å². The van der Waals surface area contributed by atoms with Crippen LogP contribution in [0.25, 0.3) is 0 Å². The Bertz CT molecular complexity index is 115. The highest BCUT2D eigenvalue weighted by Gasteiger charge is 2.25. The van der Waals surface area contributed by atoms with Crippen LogP contribution in [0.15, 0.2) is 0 Å². The number of hydrogen-bond acceptors (Lipinski definition) is 2. The molecule has 11 heavy (non-hydrogen) atoms. The van der Waals surface area contributed by atoms with Crippen molar-refractivity contribution in [1.29, 1.82) is 0 Å². The number of hydrogen-bond donors (Lipinski definition) is 2. The molecule has 0 saturated carbocycles. The third kappa shape index (κ3) is 2.71. The Kier molecular flexibility index (Phi) is 3.20. The Morgan fingerprint density at radius 2 is 2.27 bits per heavy atom. The second-order valence-electron chi connectivity index (χ2n) is 2.95. The van der Waals surface area contributed by atoms with Crippen LogP contribution in [0.1, 0.15) is 12.8 Å². The van der Waals surface area contributed by atoms with Gasteiger partial charge in [-0.05, 0) is 18.9 Å². The topological polar surface area (TPSA) is 32.3 Å². The van der Waals surface area contributed by atoms with Gasteiger partial charge in [0.15, 0.2) is 0 Å². The largest absolute Gasteiger partial charge is 0.393 e. The normalized spacial score (nSPS) is 27.8. The molecule has 0 spiro atoms. The molecule has 1 heterocycles. The second kappa shape index (κ2) is 3.97. The summed E-state index contributed by atoms with van der Waals surface area (Å²) in [5.74, 6) is 0.0315. The van der Waals surface area contributed by atoms with Gasteiger partial charge in [-0.15, -0.1) is 0 Å². The molecule has 0 amide bonds. The molecular weight excluding hydrogens is 152 g/mol. The molecule has 1 fully saturated rings. The average molecular weight is 165 g/mol. The van der Waals surface area contributed by atoms with Crippen LogP contribution in [-0.4, -0.2) is 30.7 Å². The minimum atomic E-state index is -2.38. The fourth-order valence-corrected chi connectivity index (χ4v) is 1.38. The molecular formula is C7H13F2NO. The number of aliphatic hydroxyl groups excluding tert-OH is 1. The Morgan fingerprint density at radius 1 is 1.55 bits per heavy atom. The molecule has 0 aromatic heterocycles. The zero-order chi connectivity index (χ0) is 8.27. The van der Waals surface area contributed by atoms with E-state index in [9.17, 15) is 13.9 Å². The number of halogens is 2. The first-order valence-electron chi connectivity index (χ1n) is 3.87. The van der Waals surface area contributed by atoms with Crippen molar-refractivity contribution < 1.29 is 13.9 Å². The van der Waals surface area contributed by atoms with Crippen molar-refractivity contribution in [3.63, 3.8) is 0 Å². The molecule has 66 valence electrons. The molecule has 1 aliphatic heterocycles. The smallest absolute Gasteiger partial charge is 0.241 e. The van der Waals surface area contributed by atoms with Gasteiger partial charge in [-0.2, -0.15) is 0 Å². The van der Waals surface area contributed by atoms with Gasteiger partial charge in [0.25, 0.3) is 0 Å². The molecule has 4 heteroatoms. The molecule has 0 radical (unpaired) electrons. The van der Waals surface area contributed by atoms with Crippen LogP contribution >= 0.6 is 0 Å². The molecule has 1 aliphatic rings. The third-order valence-electron chi connectivity index (χ3n) is 2.06. The first-order valence-corrected chi connectivity index (χ1v) is 3.87. The van der Waals surface area contributed by atoms with Crippen LogP contribution in [0.2, 0.25) is 0 Å². The highest BCUT2D eigenvalue weighted by atomic mass is 19.3. The predicted octanol–water partition coefficient (Wildman–Crippen LogP) is 0.612. The molecule has 0 aliphatic carbocycles. The van der Waals surface area contributed by atoms with E-state index in [2.05, 4.69) is 5.32 Å². The van der Waals surface area contributed by atoms with Crippen molar-refractivity contribution in [2.45, 2.75) is 25.4 Å². The minimum absolute atomic E-state index is 0.0315. The summed E-state index contributed by atoms with van der Waals surface area (Å²) in [5.41, 5.74) is 0. The number of nitrogens with one attached hydrogen (secondary N) is 1. The van der Waals surface area contributed by atoms with Gasteiger partial charge in [0.1, 0.15) is 0 Å². The molecule has 0 aromatic carbocycles. The van der Waals surface area contributed by atoms with E-state index in [-0.39, 0.29) is 12.3 Å². The molecule has 0 aromatic rings. The third-order valence-corrected chi connectivity index (χ3v) is 2.06. The van der Waals surface area contributed by atoms with Crippen LogP contribution in [0.5, 0.6) is 0 Å². The monoisotopic (exact) mass is 165 g/mol. The Balaban J connectivity index is 2.22. The molecule has 1 rings (SSSR count). The highest BCUT2D eigenvalue weighted by Crippen LogP contribution is 2.17. The van der Waals surface area contributed by atoms with Gasteiger partial charge in [-0.1, -0.05) is 0 Å². The van der Waals surface area contributed by atoms with Crippen LogP contribution in [0.3, 0.4) is 0 Å². The predicted molar refractivity (Wildman–Crippen MR) is 37.6 cm³/mol. The van der Waals surface area contributed by atoms with E-state index < -0.39 is 12.5 Å². The van der Waals surface area contributed by atoms with Crippen LogP contribution < -0.4 is 5.32 Å². The maximum atomic E-state index is 11.8. The molecule has 0 unspecified atom stereocenters. The number of aliphatic hydroxyl groups is 1. The summed E-state index contributed by atoms with van der Waals surface area (Å²) in [4.78, 5) is 0. The molecule has 2 atom stereocenters. The first kappa shape index (κ1) is 8.87. The minimum Gasteiger partial charge on any atom is -0.393 e. The van der Waals surface area contributed by atoms with E-state index in [0.717, 1.165) is 13.0 Å². The van der Waals surface area contributed by atoms with Crippen LogP contribution in [0.4, 0.5) is 8.78 Å². The van der Waals surface area contributed by atoms with Gasteiger partial charge in [0, 0.05) is 13.0 Å². The van der Waals surface area contributed by atoms with Gasteiger partial charge >= 0.3 is 0 Å².